The van der Waals surface area contributed by atoms with Gasteiger partial charge >= 0.3 is 0 Å². The Bertz CT molecular complexity index is 353. The van der Waals surface area contributed by atoms with Crippen LogP contribution in [-0.4, -0.2) is 20.2 Å². The lowest BCUT2D eigenvalue weighted by atomic mass is 10.5. The number of H-pyrrole nitrogens is 1. The van der Waals surface area contributed by atoms with Gasteiger partial charge in [-0.2, -0.15) is 5.10 Å². The molecule has 0 bridgehead atoms. The number of hydrogen-bond donors (Lipinski definition) is 1. The van der Waals surface area contributed by atoms with Crippen molar-refractivity contribution in [3.05, 3.63) is 18.2 Å². The molecule has 4 nitrogen and oxygen atoms in total. The SMILES string of the molecule is CC.Cc1ncc2[nH]ncc2n1. The second-order valence-corrected chi connectivity index (χ2v) is 2.09. The van der Waals surface area contributed by atoms with Crippen LogP contribution in [0, 0.1) is 6.92 Å². The van der Waals surface area contributed by atoms with Gasteiger partial charge in [0.15, 0.2) is 0 Å². The van der Waals surface area contributed by atoms with E-state index in [1.807, 2.05) is 20.8 Å². The molecule has 2 rings (SSSR count). The Morgan fingerprint density at radius 3 is 2.75 bits per heavy atom. The maximum absolute atomic E-state index is 4.13. The summed E-state index contributed by atoms with van der Waals surface area (Å²) in [6, 6.07) is 0. The van der Waals surface area contributed by atoms with Crippen molar-refractivity contribution in [2.45, 2.75) is 20.8 Å². The van der Waals surface area contributed by atoms with Crippen LogP contribution in [0.25, 0.3) is 11.0 Å². The molecule has 2 aromatic heterocycles. The molecule has 0 aliphatic carbocycles. The molecule has 4 heteroatoms. The van der Waals surface area contributed by atoms with Gasteiger partial charge in [-0.1, -0.05) is 13.8 Å². The Balaban J connectivity index is 0.000000336. The monoisotopic (exact) mass is 164 g/mol. The zero-order chi connectivity index (χ0) is 8.97. The van der Waals surface area contributed by atoms with Crippen LogP contribution in [0.5, 0.6) is 0 Å². The molecule has 1 N–H and O–H groups in total. The lowest BCUT2D eigenvalue weighted by molar-refractivity contribution is 1.08. The van der Waals surface area contributed by atoms with Gasteiger partial charge in [0.1, 0.15) is 16.9 Å². The van der Waals surface area contributed by atoms with E-state index >= 15 is 0 Å². The molecule has 0 fully saturated rings. The van der Waals surface area contributed by atoms with E-state index in [1.54, 1.807) is 12.4 Å². The number of aromatic amines is 1. The first-order valence-corrected chi connectivity index (χ1v) is 3.99. The van der Waals surface area contributed by atoms with Gasteiger partial charge in [0.05, 0.1) is 12.4 Å². The molecule has 2 heterocycles. The van der Waals surface area contributed by atoms with Crippen LogP contribution in [0.3, 0.4) is 0 Å². The highest BCUT2D eigenvalue weighted by atomic mass is 15.1. The van der Waals surface area contributed by atoms with Crippen LogP contribution in [0.15, 0.2) is 12.4 Å². The predicted molar refractivity (Wildman–Crippen MR) is 47.8 cm³/mol. The summed E-state index contributed by atoms with van der Waals surface area (Å²) in [5.74, 6) is 0.772. The summed E-state index contributed by atoms with van der Waals surface area (Å²) >= 11 is 0. The molecule has 0 aliphatic heterocycles. The third-order valence-electron chi connectivity index (χ3n) is 1.31. The average Bonchev–Trinajstić information content (AvgIpc) is 2.54. The first kappa shape index (κ1) is 8.64. The Morgan fingerprint density at radius 1 is 1.25 bits per heavy atom. The van der Waals surface area contributed by atoms with Gasteiger partial charge in [0, 0.05) is 0 Å². The summed E-state index contributed by atoms with van der Waals surface area (Å²) < 4.78 is 0. The first-order chi connectivity index (χ1) is 5.86. The van der Waals surface area contributed by atoms with E-state index in [2.05, 4.69) is 20.2 Å². The van der Waals surface area contributed by atoms with Crippen molar-refractivity contribution in [3.63, 3.8) is 0 Å². The van der Waals surface area contributed by atoms with E-state index in [0.29, 0.717) is 0 Å². The summed E-state index contributed by atoms with van der Waals surface area (Å²) in [4.78, 5) is 8.13. The molecule has 0 saturated heterocycles. The van der Waals surface area contributed by atoms with Gasteiger partial charge in [0.25, 0.3) is 0 Å². The molecule has 0 spiro atoms. The molecule has 0 unspecified atom stereocenters. The zero-order valence-electron chi connectivity index (χ0n) is 7.50. The minimum atomic E-state index is 0.772. The number of nitrogens with one attached hydrogen (secondary N) is 1. The fraction of sp³-hybridized carbons (Fsp3) is 0.375. The first-order valence-electron chi connectivity index (χ1n) is 3.99. The van der Waals surface area contributed by atoms with Crippen LogP contribution in [0.1, 0.15) is 19.7 Å². The van der Waals surface area contributed by atoms with Crippen LogP contribution < -0.4 is 0 Å². The maximum Gasteiger partial charge on any atom is 0.126 e. The van der Waals surface area contributed by atoms with Crippen molar-refractivity contribution in [3.8, 4) is 0 Å². The minimum Gasteiger partial charge on any atom is -0.275 e. The molecular formula is C8H12N4. The highest BCUT2D eigenvalue weighted by Crippen LogP contribution is 2.03. The van der Waals surface area contributed by atoms with Crippen LogP contribution >= 0.6 is 0 Å². The summed E-state index contributed by atoms with van der Waals surface area (Å²) in [5.41, 5.74) is 1.75. The average molecular weight is 164 g/mol. The highest BCUT2D eigenvalue weighted by Gasteiger charge is 1.95. The number of fused-ring (bicyclic) bond motifs is 1. The maximum atomic E-state index is 4.13. The number of aryl methyl sites for hydroxylation is 1. The van der Waals surface area contributed by atoms with Crippen molar-refractivity contribution >= 4 is 11.0 Å². The van der Waals surface area contributed by atoms with Gasteiger partial charge in [-0.3, -0.25) is 5.10 Å². The number of aromatic nitrogens is 4. The molecule has 12 heavy (non-hydrogen) atoms. The van der Waals surface area contributed by atoms with E-state index < -0.39 is 0 Å². The number of hydrogen-bond acceptors (Lipinski definition) is 3. The van der Waals surface area contributed by atoms with Gasteiger partial charge in [-0.25, -0.2) is 9.97 Å². The summed E-state index contributed by atoms with van der Waals surface area (Å²) in [7, 11) is 0. The predicted octanol–water partition coefficient (Wildman–Crippen LogP) is 1.69. The Hall–Kier alpha value is -1.45. The van der Waals surface area contributed by atoms with Gasteiger partial charge in [-0.05, 0) is 6.92 Å². The number of nitrogens with zero attached hydrogens (tertiary/aromatic N) is 3. The molecule has 0 saturated carbocycles. The Labute approximate surface area is 71.1 Å². The van der Waals surface area contributed by atoms with Crippen molar-refractivity contribution in [1.82, 2.24) is 20.2 Å². The van der Waals surface area contributed by atoms with Gasteiger partial charge in [-0.15, -0.1) is 0 Å². The Kier molecular flexibility index (Phi) is 2.74. The van der Waals surface area contributed by atoms with E-state index in [4.69, 9.17) is 0 Å². The lowest BCUT2D eigenvalue weighted by Gasteiger charge is -1.87. The molecule has 0 aliphatic rings. The fourth-order valence-corrected chi connectivity index (χ4v) is 0.835. The topological polar surface area (TPSA) is 54.5 Å². The summed E-state index contributed by atoms with van der Waals surface area (Å²) in [5, 5.41) is 6.59. The van der Waals surface area contributed by atoms with E-state index in [1.165, 1.54) is 0 Å². The molecule has 0 atom stereocenters. The van der Waals surface area contributed by atoms with Crippen molar-refractivity contribution < 1.29 is 0 Å². The largest absolute Gasteiger partial charge is 0.275 e. The minimum absolute atomic E-state index is 0.772. The van der Waals surface area contributed by atoms with Crippen LogP contribution in [0.4, 0.5) is 0 Å². The second kappa shape index (κ2) is 3.80. The standard InChI is InChI=1S/C6H6N4.C2H6/c1-4-7-2-6-5(9-4)3-8-10-6;1-2/h2-3H,1H3,(H,8,10);1-2H3. The highest BCUT2D eigenvalue weighted by molar-refractivity contribution is 5.71. The number of rotatable bonds is 0. The van der Waals surface area contributed by atoms with Gasteiger partial charge in [0.2, 0.25) is 0 Å². The molecule has 64 valence electrons. The zero-order valence-corrected chi connectivity index (χ0v) is 7.50. The fourth-order valence-electron chi connectivity index (χ4n) is 0.835. The second-order valence-electron chi connectivity index (χ2n) is 2.09. The lowest BCUT2D eigenvalue weighted by Crippen LogP contribution is -1.84. The van der Waals surface area contributed by atoms with E-state index in [9.17, 15) is 0 Å². The van der Waals surface area contributed by atoms with Gasteiger partial charge < -0.3 is 0 Å². The van der Waals surface area contributed by atoms with Crippen molar-refractivity contribution in [2.24, 2.45) is 0 Å². The molecule has 0 aromatic carbocycles. The summed E-state index contributed by atoms with van der Waals surface area (Å²) in [6.07, 6.45) is 3.41. The smallest absolute Gasteiger partial charge is 0.126 e. The Morgan fingerprint density at radius 2 is 2.00 bits per heavy atom. The quantitative estimate of drug-likeness (QED) is 0.644. The normalized spacial score (nSPS) is 9.25. The molecule has 2 aromatic rings. The van der Waals surface area contributed by atoms with Crippen LogP contribution in [-0.2, 0) is 0 Å². The van der Waals surface area contributed by atoms with Crippen molar-refractivity contribution in [1.29, 1.82) is 0 Å². The van der Waals surface area contributed by atoms with E-state index in [0.717, 1.165) is 16.9 Å². The van der Waals surface area contributed by atoms with Crippen molar-refractivity contribution in [2.75, 3.05) is 0 Å². The molecule has 0 radical (unpaired) electrons. The summed E-state index contributed by atoms with van der Waals surface area (Å²) in [6.45, 7) is 5.85. The molecular weight excluding hydrogens is 152 g/mol. The van der Waals surface area contributed by atoms with E-state index in [-0.39, 0.29) is 0 Å². The molecule has 0 amide bonds. The third kappa shape index (κ3) is 1.58. The third-order valence-corrected chi connectivity index (χ3v) is 1.31. The van der Waals surface area contributed by atoms with Crippen LogP contribution in [0.2, 0.25) is 0 Å².